The average Bonchev–Trinajstić information content (AvgIpc) is 3.16. The molecule has 0 aliphatic carbocycles. The number of carbonyl (C=O) groups is 2. The molecule has 0 aliphatic heterocycles. The first-order valence-corrected chi connectivity index (χ1v) is 12.6. The summed E-state index contributed by atoms with van der Waals surface area (Å²) in [5.74, 6) is -0.156. The lowest BCUT2D eigenvalue weighted by Gasteiger charge is -2.21. The van der Waals surface area contributed by atoms with E-state index in [1.165, 1.54) is 16.6 Å². The molecule has 0 unspecified atom stereocenters. The third-order valence-corrected chi connectivity index (χ3v) is 6.00. The lowest BCUT2D eigenvalue weighted by atomic mass is 9.90. The average molecular weight is 512 g/mol. The van der Waals surface area contributed by atoms with Crippen molar-refractivity contribution in [3.63, 3.8) is 0 Å². The quantitative estimate of drug-likeness (QED) is 0.307. The van der Waals surface area contributed by atoms with E-state index in [0.29, 0.717) is 36.4 Å². The van der Waals surface area contributed by atoms with E-state index < -0.39 is 0 Å². The number of esters is 1. The van der Waals surface area contributed by atoms with Gasteiger partial charge in [-0.1, -0.05) is 58.4 Å². The van der Waals surface area contributed by atoms with Crippen LogP contribution < -0.4 is 15.3 Å². The fourth-order valence-corrected chi connectivity index (χ4v) is 3.78. The Morgan fingerprint density at radius 3 is 2.57 bits per heavy atom. The third-order valence-electron chi connectivity index (χ3n) is 6.00. The normalized spacial score (nSPS) is 11.5. The number of nitrogens with one attached hydrogen (secondary N) is 1. The Morgan fingerprint density at radius 2 is 1.89 bits per heavy atom. The molecule has 1 N–H and O–H groups in total. The molecule has 0 atom stereocenters. The Bertz CT molecular complexity index is 1300. The summed E-state index contributed by atoms with van der Waals surface area (Å²) < 4.78 is 12.0. The van der Waals surface area contributed by atoms with E-state index in [2.05, 4.69) is 42.6 Å². The second-order valence-corrected chi connectivity index (χ2v) is 10.3. The van der Waals surface area contributed by atoms with Gasteiger partial charge in [0.05, 0.1) is 26.7 Å². The second kappa shape index (κ2) is 12.0. The topological polar surface area (TPSA) is 119 Å². The van der Waals surface area contributed by atoms with Crippen LogP contribution in [0.4, 0.5) is 5.82 Å². The summed E-state index contributed by atoms with van der Waals surface area (Å²) in [7, 11) is 2.99. The van der Waals surface area contributed by atoms with Crippen LogP contribution in [0.15, 0.2) is 29.1 Å². The van der Waals surface area contributed by atoms with Gasteiger partial charge in [-0.15, -0.1) is 0 Å². The largest absolute Gasteiger partial charge is 0.469 e. The molecular formula is C27H37N5O5. The second-order valence-electron chi connectivity index (χ2n) is 10.3. The van der Waals surface area contributed by atoms with Gasteiger partial charge in [0.1, 0.15) is 5.52 Å². The van der Waals surface area contributed by atoms with Gasteiger partial charge in [0.2, 0.25) is 5.91 Å². The van der Waals surface area contributed by atoms with Crippen molar-refractivity contribution in [2.45, 2.75) is 66.3 Å². The third kappa shape index (κ3) is 7.41. The molecule has 0 fully saturated rings. The molecule has 2 aromatic heterocycles. The highest BCUT2D eigenvalue weighted by molar-refractivity contribution is 5.98. The highest BCUT2D eigenvalue weighted by atomic mass is 16.5. The first-order valence-electron chi connectivity index (χ1n) is 12.6. The number of ether oxygens (including phenoxy) is 2. The smallest absolute Gasteiger partial charge is 0.328 e. The van der Waals surface area contributed by atoms with Gasteiger partial charge in [-0.2, -0.15) is 9.97 Å². The molecule has 0 radical (unpaired) electrons. The van der Waals surface area contributed by atoms with Gasteiger partial charge in [-0.3, -0.25) is 19.1 Å². The number of H-pyrrole nitrogens is 1. The van der Waals surface area contributed by atoms with Crippen LogP contribution in [0.5, 0.6) is 6.01 Å². The number of rotatable bonds is 11. The molecule has 2 heterocycles. The number of hydrogen-bond acceptors (Lipinski definition) is 7. The fraction of sp³-hybridized carbons (Fsp3) is 0.519. The van der Waals surface area contributed by atoms with E-state index >= 15 is 0 Å². The molecule has 0 bridgehead atoms. The van der Waals surface area contributed by atoms with Crippen LogP contribution in [0.3, 0.4) is 0 Å². The van der Waals surface area contributed by atoms with Crippen LogP contribution >= 0.6 is 0 Å². The first-order chi connectivity index (χ1) is 17.5. The van der Waals surface area contributed by atoms with Crippen molar-refractivity contribution in [1.29, 1.82) is 0 Å². The number of fused-ring (bicyclic) bond motifs is 1. The molecule has 0 saturated heterocycles. The number of benzene rings is 1. The number of carbonyl (C=O) groups excluding carboxylic acids is 2. The Kier molecular flexibility index (Phi) is 9.07. The molecule has 1 aromatic carbocycles. The Labute approximate surface area is 217 Å². The lowest BCUT2D eigenvalue weighted by Crippen LogP contribution is -2.28. The molecule has 1 amide bonds. The number of unbranched alkanes of at least 4 members (excludes halogenated alkanes) is 1. The summed E-state index contributed by atoms with van der Waals surface area (Å²) in [4.78, 5) is 51.1. The van der Waals surface area contributed by atoms with Crippen molar-refractivity contribution in [2.24, 2.45) is 5.41 Å². The van der Waals surface area contributed by atoms with Gasteiger partial charge < -0.3 is 14.5 Å². The van der Waals surface area contributed by atoms with E-state index in [-0.39, 0.29) is 42.0 Å². The Morgan fingerprint density at radius 1 is 1.16 bits per heavy atom. The van der Waals surface area contributed by atoms with E-state index in [4.69, 9.17) is 9.47 Å². The summed E-state index contributed by atoms with van der Waals surface area (Å²) in [6, 6.07) is 7.49. The molecule has 10 heteroatoms. The van der Waals surface area contributed by atoms with E-state index in [0.717, 1.165) is 24.0 Å². The maximum absolute atomic E-state index is 13.0. The van der Waals surface area contributed by atoms with Crippen LogP contribution in [0.2, 0.25) is 0 Å². The maximum atomic E-state index is 13.0. The first kappa shape index (κ1) is 27.9. The number of nitrogens with zero attached hydrogens (tertiary/aromatic N) is 4. The van der Waals surface area contributed by atoms with Gasteiger partial charge in [-0.25, -0.2) is 4.79 Å². The maximum Gasteiger partial charge on any atom is 0.328 e. The van der Waals surface area contributed by atoms with Gasteiger partial charge in [0, 0.05) is 13.5 Å². The van der Waals surface area contributed by atoms with Crippen molar-refractivity contribution < 1.29 is 19.1 Å². The van der Waals surface area contributed by atoms with Crippen LogP contribution in [-0.2, 0) is 27.3 Å². The Hall–Kier alpha value is -3.69. The number of hydrogen-bond donors (Lipinski definition) is 1. The van der Waals surface area contributed by atoms with Crippen LogP contribution in [0.25, 0.3) is 11.2 Å². The number of imidazole rings is 1. The minimum Gasteiger partial charge on any atom is -0.469 e. The van der Waals surface area contributed by atoms with E-state index in [9.17, 15) is 14.4 Å². The zero-order valence-corrected chi connectivity index (χ0v) is 22.6. The van der Waals surface area contributed by atoms with Gasteiger partial charge in [0.25, 0.3) is 0 Å². The predicted molar refractivity (Wildman–Crippen MR) is 142 cm³/mol. The molecule has 3 rings (SSSR count). The van der Waals surface area contributed by atoms with Gasteiger partial charge in [0.15, 0.2) is 11.5 Å². The molecular weight excluding hydrogens is 474 g/mol. The van der Waals surface area contributed by atoms with Crippen molar-refractivity contribution in [3.8, 4) is 6.01 Å². The minimum absolute atomic E-state index is 0.00591. The van der Waals surface area contributed by atoms with E-state index in [1.54, 1.807) is 7.05 Å². The molecule has 0 spiro atoms. The van der Waals surface area contributed by atoms with Crippen molar-refractivity contribution in [1.82, 2.24) is 19.5 Å². The standard InChI is InChI=1S/C27H37N5O5/c1-7-8-14-37-25-29-23(31(5)20(33)12-13-27(2,3)4)22-24(30-25)32(26(35)28-22)17-19-11-9-10-18(15-19)16-21(34)36-6/h9-11,15H,7-8,12-14,16-17H2,1-6H3,(H,28,35). The molecule has 10 nitrogen and oxygen atoms in total. The Balaban J connectivity index is 2.01. The van der Waals surface area contributed by atoms with Gasteiger partial charge >= 0.3 is 17.7 Å². The number of methoxy groups -OCH3 is 1. The minimum atomic E-state index is -0.384. The highest BCUT2D eigenvalue weighted by Crippen LogP contribution is 2.26. The lowest BCUT2D eigenvalue weighted by molar-refractivity contribution is -0.139. The number of aromatic amines is 1. The molecule has 0 aliphatic rings. The number of amides is 1. The molecule has 200 valence electrons. The van der Waals surface area contributed by atoms with Crippen molar-refractivity contribution in [2.75, 3.05) is 25.7 Å². The number of anilines is 1. The van der Waals surface area contributed by atoms with Gasteiger partial charge in [-0.05, 0) is 29.4 Å². The molecule has 3 aromatic rings. The summed E-state index contributed by atoms with van der Waals surface area (Å²) in [5, 5.41) is 0. The summed E-state index contributed by atoms with van der Waals surface area (Å²) in [6.45, 7) is 8.94. The van der Waals surface area contributed by atoms with Crippen molar-refractivity contribution >= 4 is 28.9 Å². The summed E-state index contributed by atoms with van der Waals surface area (Å²) in [5.41, 5.74) is 1.92. The van der Waals surface area contributed by atoms with Crippen LogP contribution in [0, 0.1) is 5.41 Å². The fourth-order valence-electron chi connectivity index (χ4n) is 3.78. The van der Waals surface area contributed by atoms with Crippen LogP contribution in [-0.4, -0.2) is 52.2 Å². The summed E-state index contributed by atoms with van der Waals surface area (Å²) in [6.07, 6.45) is 2.95. The molecule has 0 saturated carbocycles. The van der Waals surface area contributed by atoms with Crippen LogP contribution in [0.1, 0.15) is 64.5 Å². The highest BCUT2D eigenvalue weighted by Gasteiger charge is 2.23. The van der Waals surface area contributed by atoms with E-state index in [1.807, 2.05) is 24.3 Å². The zero-order valence-electron chi connectivity index (χ0n) is 22.6. The van der Waals surface area contributed by atoms with Crippen molar-refractivity contribution in [3.05, 3.63) is 45.9 Å². The summed E-state index contributed by atoms with van der Waals surface area (Å²) >= 11 is 0. The zero-order chi connectivity index (χ0) is 27.2. The number of aromatic nitrogens is 4. The monoisotopic (exact) mass is 511 g/mol. The predicted octanol–water partition coefficient (Wildman–Crippen LogP) is 3.85. The molecule has 37 heavy (non-hydrogen) atoms. The SMILES string of the molecule is CCCCOc1nc(N(C)C(=O)CCC(C)(C)C)c2[nH]c(=O)n(Cc3cccc(CC(=O)OC)c3)c2n1.